The summed E-state index contributed by atoms with van der Waals surface area (Å²) >= 11 is 1.39. The molecule has 1 atom stereocenters. The Morgan fingerprint density at radius 3 is 2.36 bits per heavy atom. The maximum Gasteiger partial charge on any atom is 0.573 e. The second-order valence-electron chi connectivity index (χ2n) is 8.49. The minimum absolute atomic E-state index is 0.0396. The third kappa shape index (κ3) is 9.55. The normalized spacial score (nSPS) is 11.9. The molecule has 0 N–H and O–H groups in total. The lowest BCUT2D eigenvalue weighted by Crippen LogP contribution is -2.19. The SMILES string of the molecule is CCOC(=O)CSc1ccc(OCCC(C)Oc2ccc(OC(F)(F)F)cc2C(=O)c2ccccc2)cc1C. The van der Waals surface area contributed by atoms with E-state index in [1.54, 1.807) is 44.2 Å². The van der Waals surface area contributed by atoms with Crippen LogP contribution in [0.4, 0.5) is 13.2 Å². The minimum atomic E-state index is -4.89. The summed E-state index contributed by atoms with van der Waals surface area (Å²) in [5, 5.41) is 0. The van der Waals surface area contributed by atoms with Crippen molar-refractivity contribution in [2.45, 2.75) is 44.6 Å². The number of ketones is 1. The molecular formula is C29H29F3O6S. The van der Waals surface area contributed by atoms with Crippen LogP contribution >= 0.6 is 11.8 Å². The summed E-state index contributed by atoms with van der Waals surface area (Å²) in [4.78, 5) is 25.6. The van der Waals surface area contributed by atoms with Crippen LogP contribution in [0.2, 0.25) is 0 Å². The summed E-state index contributed by atoms with van der Waals surface area (Å²) in [6.07, 6.45) is -4.86. The fourth-order valence-electron chi connectivity index (χ4n) is 3.56. The number of benzene rings is 3. The zero-order valence-corrected chi connectivity index (χ0v) is 22.6. The van der Waals surface area contributed by atoms with Crippen LogP contribution in [0.3, 0.4) is 0 Å². The van der Waals surface area contributed by atoms with Gasteiger partial charge in [0.25, 0.3) is 0 Å². The van der Waals surface area contributed by atoms with Gasteiger partial charge in [-0.15, -0.1) is 24.9 Å². The third-order valence-electron chi connectivity index (χ3n) is 5.38. The number of alkyl halides is 3. The average molecular weight is 563 g/mol. The number of carbonyl (C=O) groups excluding carboxylic acids is 2. The van der Waals surface area contributed by atoms with Crippen molar-refractivity contribution in [3.8, 4) is 17.2 Å². The molecule has 0 amide bonds. The smallest absolute Gasteiger partial charge is 0.493 e. The molecule has 3 aromatic rings. The first-order valence-corrected chi connectivity index (χ1v) is 13.2. The van der Waals surface area contributed by atoms with Gasteiger partial charge in [0, 0.05) is 16.9 Å². The van der Waals surface area contributed by atoms with Gasteiger partial charge in [-0.3, -0.25) is 9.59 Å². The van der Waals surface area contributed by atoms with E-state index in [1.807, 2.05) is 25.1 Å². The molecular weight excluding hydrogens is 533 g/mol. The summed E-state index contributed by atoms with van der Waals surface area (Å²) in [6, 6.07) is 17.2. The van der Waals surface area contributed by atoms with E-state index in [1.165, 1.54) is 17.8 Å². The van der Waals surface area contributed by atoms with E-state index in [-0.39, 0.29) is 23.0 Å². The van der Waals surface area contributed by atoms with E-state index >= 15 is 0 Å². The van der Waals surface area contributed by atoms with E-state index in [2.05, 4.69) is 4.74 Å². The Morgan fingerprint density at radius 2 is 1.69 bits per heavy atom. The topological polar surface area (TPSA) is 71.1 Å². The van der Waals surface area contributed by atoms with Gasteiger partial charge in [-0.1, -0.05) is 30.3 Å². The number of hydrogen-bond acceptors (Lipinski definition) is 7. The molecule has 0 spiro atoms. The van der Waals surface area contributed by atoms with Crippen LogP contribution in [0, 0.1) is 6.92 Å². The number of ether oxygens (including phenoxy) is 4. The third-order valence-corrected chi connectivity index (χ3v) is 6.53. The van der Waals surface area contributed by atoms with Crippen molar-refractivity contribution < 1.29 is 41.7 Å². The van der Waals surface area contributed by atoms with E-state index in [0.29, 0.717) is 30.9 Å². The molecule has 0 saturated carbocycles. The van der Waals surface area contributed by atoms with Crippen LogP contribution in [0.25, 0.3) is 0 Å². The van der Waals surface area contributed by atoms with Crippen molar-refractivity contribution in [2.24, 2.45) is 0 Å². The minimum Gasteiger partial charge on any atom is -0.493 e. The molecule has 3 rings (SSSR count). The fourth-order valence-corrected chi connectivity index (χ4v) is 4.37. The fraction of sp³-hybridized carbons (Fsp3) is 0.310. The molecule has 208 valence electrons. The second-order valence-corrected chi connectivity index (χ2v) is 9.50. The van der Waals surface area contributed by atoms with Crippen LogP contribution in [-0.4, -0.2) is 43.2 Å². The number of carbonyl (C=O) groups is 2. The van der Waals surface area contributed by atoms with Gasteiger partial charge in [0.2, 0.25) is 0 Å². The molecule has 0 aromatic heterocycles. The second kappa shape index (κ2) is 13.9. The Balaban J connectivity index is 1.62. The average Bonchev–Trinajstić information content (AvgIpc) is 2.88. The van der Waals surface area contributed by atoms with Crippen LogP contribution in [0.1, 0.15) is 41.8 Å². The van der Waals surface area contributed by atoms with E-state index in [0.717, 1.165) is 22.6 Å². The highest BCUT2D eigenvalue weighted by Gasteiger charge is 2.32. The van der Waals surface area contributed by atoms with Gasteiger partial charge < -0.3 is 18.9 Å². The Hall–Kier alpha value is -3.66. The maximum absolute atomic E-state index is 13.1. The first-order chi connectivity index (χ1) is 18.6. The number of esters is 1. The Bertz CT molecular complexity index is 1260. The number of rotatable bonds is 13. The molecule has 0 saturated heterocycles. The van der Waals surface area contributed by atoms with Crippen molar-refractivity contribution in [3.05, 3.63) is 83.4 Å². The van der Waals surface area contributed by atoms with Crippen LogP contribution < -0.4 is 14.2 Å². The lowest BCUT2D eigenvalue weighted by Gasteiger charge is -2.19. The molecule has 0 fully saturated rings. The molecule has 3 aromatic carbocycles. The zero-order chi connectivity index (χ0) is 28.4. The lowest BCUT2D eigenvalue weighted by atomic mass is 10.0. The molecule has 39 heavy (non-hydrogen) atoms. The lowest BCUT2D eigenvalue weighted by molar-refractivity contribution is -0.274. The predicted octanol–water partition coefficient (Wildman–Crippen LogP) is 7.02. The summed E-state index contributed by atoms with van der Waals surface area (Å²) in [5.41, 5.74) is 1.22. The van der Waals surface area contributed by atoms with Crippen molar-refractivity contribution >= 4 is 23.5 Å². The van der Waals surface area contributed by atoms with Gasteiger partial charge >= 0.3 is 12.3 Å². The summed E-state index contributed by atoms with van der Waals surface area (Å²) < 4.78 is 59.0. The monoisotopic (exact) mass is 562 g/mol. The summed E-state index contributed by atoms with van der Waals surface area (Å²) in [6.45, 7) is 6.10. The van der Waals surface area contributed by atoms with Crippen LogP contribution in [-0.2, 0) is 9.53 Å². The van der Waals surface area contributed by atoms with Gasteiger partial charge in [-0.05, 0) is 62.7 Å². The van der Waals surface area contributed by atoms with Gasteiger partial charge in [0.05, 0.1) is 30.6 Å². The zero-order valence-electron chi connectivity index (χ0n) is 21.7. The van der Waals surface area contributed by atoms with Gasteiger partial charge in [-0.25, -0.2) is 0 Å². The van der Waals surface area contributed by atoms with Crippen LogP contribution in [0.15, 0.2) is 71.6 Å². The summed E-state index contributed by atoms with van der Waals surface area (Å²) in [5.74, 6) is -0.254. The Labute approximate surface area is 229 Å². The Kier molecular flexibility index (Phi) is 10.7. The largest absolute Gasteiger partial charge is 0.573 e. The molecule has 0 aliphatic rings. The standard InChI is InChI=1S/C29H29F3O6S/c1-4-35-27(33)18-39-26-13-11-22(16-19(26)2)36-15-14-20(3)37-25-12-10-23(38-29(30,31)32)17-24(25)28(34)21-8-6-5-7-9-21/h5-13,16-17,20H,4,14-15,18H2,1-3H3. The van der Waals surface area contributed by atoms with E-state index in [9.17, 15) is 22.8 Å². The Morgan fingerprint density at radius 1 is 0.974 bits per heavy atom. The quantitative estimate of drug-likeness (QED) is 0.126. The highest BCUT2D eigenvalue weighted by atomic mass is 32.2. The predicted molar refractivity (Wildman–Crippen MR) is 142 cm³/mol. The van der Waals surface area contributed by atoms with Crippen molar-refractivity contribution in [2.75, 3.05) is 19.0 Å². The van der Waals surface area contributed by atoms with Crippen molar-refractivity contribution in [1.29, 1.82) is 0 Å². The molecule has 0 aliphatic heterocycles. The van der Waals surface area contributed by atoms with Crippen molar-refractivity contribution in [3.63, 3.8) is 0 Å². The molecule has 6 nitrogen and oxygen atoms in total. The van der Waals surface area contributed by atoms with Gasteiger partial charge in [0.15, 0.2) is 5.78 Å². The number of aryl methyl sites for hydroxylation is 1. The number of hydrogen-bond donors (Lipinski definition) is 0. The van der Waals surface area contributed by atoms with Crippen molar-refractivity contribution in [1.82, 2.24) is 0 Å². The highest BCUT2D eigenvalue weighted by molar-refractivity contribution is 8.00. The maximum atomic E-state index is 13.1. The molecule has 10 heteroatoms. The molecule has 0 bridgehead atoms. The van der Waals surface area contributed by atoms with Crippen LogP contribution in [0.5, 0.6) is 17.2 Å². The van der Waals surface area contributed by atoms with E-state index < -0.39 is 24.0 Å². The number of thioether (sulfide) groups is 1. The van der Waals surface area contributed by atoms with E-state index in [4.69, 9.17) is 14.2 Å². The molecule has 0 radical (unpaired) electrons. The number of halogens is 3. The van der Waals surface area contributed by atoms with Gasteiger partial charge in [0.1, 0.15) is 17.2 Å². The summed E-state index contributed by atoms with van der Waals surface area (Å²) in [7, 11) is 0. The highest BCUT2D eigenvalue weighted by Crippen LogP contribution is 2.31. The first-order valence-electron chi connectivity index (χ1n) is 12.2. The molecule has 0 aliphatic carbocycles. The first kappa shape index (κ1) is 29.9. The van der Waals surface area contributed by atoms with Gasteiger partial charge in [-0.2, -0.15) is 0 Å². The molecule has 0 heterocycles. The molecule has 1 unspecified atom stereocenters.